The standard InChI is InChI=1S/C9H8ClN5O/c10-8-2-1-7(14-15-8)9(16)12-4-6-3-11-5-13-6/h1-3,5H,4H2,(H,11,13)(H,12,16). The molecule has 0 spiro atoms. The lowest BCUT2D eigenvalue weighted by atomic mass is 10.3. The van der Waals surface area contributed by atoms with Gasteiger partial charge in [-0.15, -0.1) is 10.2 Å². The van der Waals surface area contributed by atoms with Crippen LogP contribution in [-0.4, -0.2) is 26.1 Å². The van der Waals surface area contributed by atoms with E-state index in [1.165, 1.54) is 12.1 Å². The van der Waals surface area contributed by atoms with E-state index in [-0.39, 0.29) is 16.8 Å². The topological polar surface area (TPSA) is 83.6 Å². The van der Waals surface area contributed by atoms with Gasteiger partial charge in [-0.25, -0.2) is 4.98 Å². The molecule has 0 unspecified atom stereocenters. The molecule has 0 aliphatic rings. The third-order valence-corrected chi connectivity index (χ3v) is 2.06. The van der Waals surface area contributed by atoms with Crippen LogP contribution in [0.15, 0.2) is 24.7 Å². The number of amides is 1. The zero-order chi connectivity index (χ0) is 11.4. The highest BCUT2D eigenvalue weighted by Gasteiger charge is 2.07. The van der Waals surface area contributed by atoms with E-state index < -0.39 is 0 Å². The molecule has 0 aliphatic heterocycles. The van der Waals surface area contributed by atoms with Crippen LogP contribution >= 0.6 is 11.6 Å². The van der Waals surface area contributed by atoms with Crippen LogP contribution < -0.4 is 5.32 Å². The van der Waals surface area contributed by atoms with Gasteiger partial charge in [-0.05, 0) is 12.1 Å². The Bertz CT molecular complexity index is 467. The van der Waals surface area contributed by atoms with E-state index in [1.807, 2.05) is 0 Å². The Morgan fingerprint density at radius 2 is 2.31 bits per heavy atom. The van der Waals surface area contributed by atoms with Crippen LogP contribution in [-0.2, 0) is 6.54 Å². The predicted molar refractivity (Wildman–Crippen MR) is 56.8 cm³/mol. The van der Waals surface area contributed by atoms with Gasteiger partial charge in [0.2, 0.25) is 0 Å². The lowest BCUT2D eigenvalue weighted by Crippen LogP contribution is -2.24. The highest BCUT2D eigenvalue weighted by atomic mass is 35.5. The fourth-order valence-corrected chi connectivity index (χ4v) is 1.19. The maximum absolute atomic E-state index is 11.6. The van der Waals surface area contributed by atoms with Crippen LogP contribution in [0.25, 0.3) is 0 Å². The predicted octanol–water partition coefficient (Wildman–Crippen LogP) is 0.783. The molecule has 0 bridgehead atoms. The van der Waals surface area contributed by atoms with Crippen LogP contribution in [0, 0.1) is 0 Å². The third-order valence-electron chi connectivity index (χ3n) is 1.86. The number of aromatic amines is 1. The molecule has 2 heterocycles. The van der Waals surface area contributed by atoms with Crippen molar-refractivity contribution in [3.63, 3.8) is 0 Å². The second-order valence-corrected chi connectivity index (χ2v) is 3.39. The molecule has 2 rings (SSSR count). The summed E-state index contributed by atoms with van der Waals surface area (Å²) in [5.41, 5.74) is 1.04. The van der Waals surface area contributed by atoms with Crippen molar-refractivity contribution >= 4 is 17.5 Å². The van der Waals surface area contributed by atoms with Gasteiger partial charge in [0.1, 0.15) is 0 Å². The molecule has 1 amide bonds. The lowest BCUT2D eigenvalue weighted by Gasteiger charge is -2.01. The molecule has 2 aromatic heterocycles. The first-order valence-electron chi connectivity index (χ1n) is 4.50. The zero-order valence-electron chi connectivity index (χ0n) is 8.14. The van der Waals surface area contributed by atoms with Crippen LogP contribution in [0.1, 0.15) is 16.2 Å². The zero-order valence-corrected chi connectivity index (χ0v) is 8.90. The smallest absolute Gasteiger partial charge is 0.272 e. The van der Waals surface area contributed by atoms with Crippen molar-refractivity contribution in [1.82, 2.24) is 25.5 Å². The Kier molecular flexibility index (Phi) is 3.11. The molecule has 0 saturated carbocycles. The van der Waals surface area contributed by atoms with Gasteiger partial charge in [0.15, 0.2) is 10.8 Å². The first-order valence-corrected chi connectivity index (χ1v) is 4.88. The largest absolute Gasteiger partial charge is 0.347 e. The molecule has 16 heavy (non-hydrogen) atoms. The van der Waals surface area contributed by atoms with E-state index in [1.54, 1.807) is 12.5 Å². The average molecular weight is 238 g/mol. The second-order valence-electron chi connectivity index (χ2n) is 3.00. The summed E-state index contributed by atoms with van der Waals surface area (Å²) in [4.78, 5) is 18.3. The lowest BCUT2D eigenvalue weighted by molar-refractivity contribution is 0.0944. The Labute approximate surface area is 96.1 Å². The molecule has 0 radical (unpaired) electrons. The van der Waals surface area contributed by atoms with Gasteiger partial charge >= 0.3 is 0 Å². The summed E-state index contributed by atoms with van der Waals surface area (Å²) in [5.74, 6) is -0.307. The van der Waals surface area contributed by atoms with Crippen LogP contribution in [0.4, 0.5) is 0 Å². The van der Waals surface area contributed by atoms with Crippen molar-refractivity contribution in [2.75, 3.05) is 0 Å². The molecular formula is C9H8ClN5O. The molecule has 0 atom stereocenters. The van der Waals surface area contributed by atoms with E-state index >= 15 is 0 Å². The molecule has 7 heteroatoms. The van der Waals surface area contributed by atoms with E-state index in [2.05, 4.69) is 25.5 Å². The summed E-state index contributed by atoms with van der Waals surface area (Å²) >= 11 is 5.56. The first-order chi connectivity index (χ1) is 7.75. The molecule has 82 valence electrons. The Balaban J connectivity index is 1.95. The number of hydrogen-bond donors (Lipinski definition) is 2. The Morgan fingerprint density at radius 3 is 2.94 bits per heavy atom. The van der Waals surface area contributed by atoms with Crippen molar-refractivity contribution in [3.05, 3.63) is 41.2 Å². The summed E-state index contributed by atoms with van der Waals surface area (Å²) in [6.45, 7) is 0.364. The monoisotopic (exact) mass is 237 g/mol. The van der Waals surface area contributed by atoms with E-state index in [0.717, 1.165) is 5.69 Å². The molecular weight excluding hydrogens is 230 g/mol. The highest BCUT2D eigenvalue weighted by molar-refractivity contribution is 6.29. The number of rotatable bonds is 3. The Morgan fingerprint density at radius 1 is 1.44 bits per heavy atom. The quantitative estimate of drug-likeness (QED) is 0.827. The summed E-state index contributed by atoms with van der Waals surface area (Å²) in [6, 6.07) is 3.03. The fraction of sp³-hybridized carbons (Fsp3) is 0.111. The van der Waals surface area contributed by atoms with Crippen molar-refractivity contribution in [2.24, 2.45) is 0 Å². The molecule has 2 aromatic rings. The maximum Gasteiger partial charge on any atom is 0.272 e. The fourth-order valence-electron chi connectivity index (χ4n) is 1.08. The van der Waals surface area contributed by atoms with Gasteiger partial charge in [-0.1, -0.05) is 11.6 Å². The van der Waals surface area contributed by atoms with Crippen LogP contribution in [0.5, 0.6) is 0 Å². The minimum atomic E-state index is -0.307. The number of halogens is 1. The molecule has 0 aliphatic carbocycles. The number of aromatic nitrogens is 4. The Hall–Kier alpha value is -1.95. The first kappa shape index (κ1) is 10.6. The molecule has 2 N–H and O–H groups in total. The van der Waals surface area contributed by atoms with Crippen molar-refractivity contribution in [1.29, 1.82) is 0 Å². The van der Waals surface area contributed by atoms with Gasteiger partial charge < -0.3 is 10.3 Å². The number of imidazole rings is 1. The number of carbonyl (C=O) groups is 1. The number of carbonyl (C=O) groups excluding carboxylic acids is 1. The SMILES string of the molecule is O=C(NCc1cnc[nH]1)c1ccc(Cl)nn1. The van der Waals surface area contributed by atoms with E-state index in [4.69, 9.17) is 11.6 Å². The number of nitrogens with one attached hydrogen (secondary N) is 2. The molecule has 0 fully saturated rings. The maximum atomic E-state index is 11.6. The van der Waals surface area contributed by atoms with E-state index in [9.17, 15) is 4.79 Å². The molecule has 0 aromatic carbocycles. The highest BCUT2D eigenvalue weighted by Crippen LogP contribution is 2.02. The van der Waals surface area contributed by atoms with Gasteiger partial charge in [0.05, 0.1) is 18.6 Å². The number of H-pyrrole nitrogens is 1. The number of hydrogen-bond acceptors (Lipinski definition) is 4. The van der Waals surface area contributed by atoms with Crippen LogP contribution in [0.2, 0.25) is 5.15 Å². The summed E-state index contributed by atoms with van der Waals surface area (Å²) in [7, 11) is 0. The number of nitrogens with zero attached hydrogens (tertiary/aromatic N) is 3. The normalized spacial score (nSPS) is 10.1. The molecule has 6 nitrogen and oxygen atoms in total. The van der Waals surface area contributed by atoms with Gasteiger partial charge in [0.25, 0.3) is 5.91 Å². The average Bonchev–Trinajstić information content (AvgIpc) is 2.80. The van der Waals surface area contributed by atoms with Gasteiger partial charge in [-0.2, -0.15) is 0 Å². The second kappa shape index (κ2) is 4.71. The van der Waals surface area contributed by atoms with Gasteiger partial charge in [0, 0.05) is 6.20 Å². The molecule has 0 saturated heterocycles. The van der Waals surface area contributed by atoms with Crippen molar-refractivity contribution < 1.29 is 4.79 Å². The van der Waals surface area contributed by atoms with Crippen molar-refractivity contribution in [2.45, 2.75) is 6.54 Å². The third kappa shape index (κ3) is 2.54. The van der Waals surface area contributed by atoms with Crippen molar-refractivity contribution in [3.8, 4) is 0 Å². The summed E-state index contributed by atoms with van der Waals surface area (Å²) in [5, 5.41) is 10.2. The minimum Gasteiger partial charge on any atom is -0.347 e. The summed E-state index contributed by atoms with van der Waals surface area (Å²) < 4.78 is 0. The minimum absolute atomic E-state index is 0.226. The summed E-state index contributed by atoms with van der Waals surface area (Å²) in [6.07, 6.45) is 3.18. The van der Waals surface area contributed by atoms with Crippen LogP contribution in [0.3, 0.4) is 0 Å². The van der Waals surface area contributed by atoms with E-state index in [0.29, 0.717) is 6.54 Å². The van der Waals surface area contributed by atoms with Gasteiger partial charge in [-0.3, -0.25) is 4.79 Å².